The number of fused-ring (bicyclic) bond motifs is 3. The smallest absolute Gasteiger partial charge is 0.232 e. The fourth-order valence-corrected chi connectivity index (χ4v) is 5.29. The summed E-state index contributed by atoms with van der Waals surface area (Å²) in [6.07, 6.45) is 11.6. The summed E-state index contributed by atoms with van der Waals surface area (Å²) in [5, 5.41) is 4.39. The molecule has 2 bridgehead atoms. The molecule has 0 amide bonds. The van der Waals surface area contributed by atoms with E-state index in [9.17, 15) is 0 Å². The molecule has 0 aromatic carbocycles. The van der Waals surface area contributed by atoms with Gasteiger partial charge in [-0.3, -0.25) is 4.90 Å². The molecule has 0 N–H and O–H groups in total. The van der Waals surface area contributed by atoms with E-state index in [1.165, 1.54) is 70.9 Å². The van der Waals surface area contributed by atoms with Crippen LogP contribution in [0.5, 0.6) is 0 Å². The van der Waals surface area contributed by atoms with Gasteiger partial charge in [0.05, 0.1) is 0 Å². The van der Waals surface area contributed by atoms with Crippen molar-refractivity contribution in [2.45, 2.75) is 69.4 Å². The molecule has 1 atom stereocenters. The first-order chi connectivity index (χ1) is 11.6. The van der Waals surface area contributed by atoms with Crippen molar-refractivity contribution in [2.75, 3.05) is 40.3 Å². The molecule has 1 saturated heterocycles. The lowest BCUT2D eigenvalue weighted by molar-refractivity contribution is -0.0517. The van der Waals surface area contributed by atoms with Gasteiger partial charge in [-0.1, -0.05) is 11.6 Å². The van der Waals surface area contributed by atoms with Crippen LogP contribution in [-0.2, 0) is 9.57 Å². The second-order valence-corrected chi connectivity index (χ2v) is 8.69. The summed E-state index contributed by atoms with van der Waals surface area (Å²) in [5.41, 5.74) is 0.573. The molecule has 4 fully saturated rings. The molecule has 5 heteroatoms. The number of rotatable bonds is 4. The van der Waals surface area contributed by atoms with Crippen LogP contribution < -0.4 is 0 Å². The van der Waals surface area contributed by atoms with Crippen LogP contribution in [0.25, 0.3) is 0 Å². The van der Waals surface area contributed by atoms with Crippen molar-refractivity contribution >= 4 is 5.90 Å². The maximum Gasteiger partial charge on any atom is 0.232 e. The summed E-state index contributed by atoms with van der Waals surface area (Å²) in [6.45, 7) is 4.03. The number of likely N-dealkylation sites (tertiary alicyclic amines) is 1. The van der Waals surface area contributed by atoms with Crippen LogP contribution >= 0.6 is 0 Å². The Morgan fingerprint density at radius 1 is 1.04 bits per heavy atom. The van der Waals surface area contributed by atoms with E-state index >= 15 is 0 Å². The zero-order valence-electron chi connectivity index (χ0n) is 15.4. The van der Waals surface area contributed by atoms with Crippen LogP contribution in [0, 0.1) is 5.41 Å². The van der Waals surface area contributed by atoms with Gasteiger partial charge >= 0.3 is 0 Å². The van der Waals surface area contributed by atoms with E-state index in [2.05, 4.69) is 29.1 Å². The molecule has 0 spiro atoms. The summed E-state index contributed by atoms with van der Waals surface area (Å²) >= 11 is 0. The van der Waals surface area contributed by atoms with Crippen molar-refractivity contribution in [3.05, 3.63) is 0 Å². The average molecular weight is 335 g/mol. The largest absolute Gasteiger partial charge is 0.470 e. The quantitative estimate of drug-likeness (QED) is 0.792. The highest BCUT2D eigenvalue weighted by molar-refractivity contribution is 5.83. The van der Waals surface area contributed by atoms with Gasteiger partial charge < -0.3 is 14.5 Å². The SMILES string of the molecule is CN(C)C12CCC(C3=NOCC(CN4CCCCC4)O3)(CC1)CC2. The standard InChI is InChI=1S/C19H33N3O2/c1-21(2)19-9-6-18(7-10-19,8-11-19)17-20-23-15-16(24-17)14-22-12-4-3-5-13-22/h16H,3-15H2,1-2H3. The lowest BCUT2D eigenvalue weighted by Gasteiger charge is -2.56. The normalized spacial score (nSPS) is 40.1. The number of hydrogen-bond donors (Lipinski definition) is 0. The molecule has 0 aromatic heterocycles. The Morgan fingerprint density at radius 2 is 1.71 bits per heavy atom. The Bertz CT molecular complexity index is 460. The average Bonchev–Trinajstić information content (AvgIpc) is 2.64. The third-order valence-electron chi connectivity index (χ3n) is 7.21. The number of piperidine rings is 1. The summed E-state index contributed by atoms with van der Waals surface area (Å²) in [4.78, 5) is 10.6. The summed E-state index contributed by atoms with van der Waals surface area (Å²) < 4.78 is 6.41. The van der Waals surface area contributed by atoms with E-state index in [1.807, 2.05) is 0 Å². The number of nitrogens with zero attached hydrogens (tertiary/aromatic N) is 3. The Morgan fingerprint density at radius 3 is 2.33 bits per heavy atom. The summed E-state index contributed by atoms with van der Waals surface area (Å²) in [6, 6.07) is 0. The predicted octanol–water partition coefficient (Wildman–Crippen LogP) is 2.86. The van der Waals surface area contributed by atoms with Gasteiger partial charge in [-0.15, -0.1) is 0 Å². The Kier molecular flexibility index (Phi) is 4.50. The van der Waals surface area contributed by atoms with Crippen LogP contribution in [-0.4, -0.2) is 67.7 Å². The van der Waals surface area contributed by atoms with Crippen LogP contribution in [0.2, 0.25) is 0 Å². The Balaban J connectivity index is 1.39. The minimum absolute atomic E-state index is 0.151. The van der Waals surface area contributed by atoms with Crippen LogP contribution in [0.4, 0.5) is 0 Å². The highest BCUT2D eigenvalue weighted by atomic mass is 16.7. The van der Waals surface area contributed by atoms with Gasteiger partial charge in [0.25, 0.3) is 0 Å². The number of oxime groups is 1. The van der Waals surface area contributed by atoms with Gasteiger partial charge in [-0.2, -0.15) is 0 Å². The molecule has 136 valence electrons. The number of hydrogen-bond acceptors (Lipinski definition) is 5. The van der Waals surface area contributed by atoms with E-state index in [-0.39, 0.29) is 11.5 Å². The van der Waals surface area contributed by atoms with Crippen molar-refractivity contribution in [2.24, 2.45) is 10.6 Å². The fraction of sp³-hybridized carbons (Fsp3) is 0.947. The van der Waals surface area contributed by atoms with Crippen LogP contribution in [0.3, 0.4) is 0 Å². The van der Waals surface area contributed by atoms with Crippen molar-refractivity contribution < 1.29 is 9.57 Å². The van der Waals surface area contributed by atoms with Crippen molar-refractivity contribution in [3.63, 3.8) is 0 Å². The summed E-state index contributed by atoms with van der Waals surface area (Å²) in [5.74, 6) is 0.919. The molecule has 2 aliphatic heterocycles. The van der Waals surface area contributed by atoms with E-state index in [1.54, 1.807) is 0 Å². The fourth-order valence-electron chi connectivity index (χ4n) is 5.29. The molecule has 24 heavy (non-hydrogen) atoms. The van der Waals surface area contributed by atoms with E-state index < -0.39 is 0 Å². The van der Waals surface area contributed by atoms with Gasteiger partial charge in [-0.05, 0) is 78.6 Å². The maximum atomic E-state index is 6.41. The van der Waals surface area contributed by atoms with Gasteiger partial charge in [0.2, 0.25) is 5.90 Å². The minimum Gasteiger partial charge on any atom is -0.470 e. The lowest BCUT2D eigenvalue weighted by atomic mass is 9.56. The first-order valence-electron chi connectivity index (χ1n) is 9.89. The van der Waals surface area contributed by atoms with Crippen LogP contribution in [0.1, 0.15) is 57.8 Å². The van der Waals surface area contributed by atoms with Crippen LogP contribution in [0.15, 0.2) is 5.16 Å². The third kappa shape index (κ3) is 2.94. The number of ether oxygens (including phenoxy) is 1. The highest BCUT2D eigenvalue weighted by Gasteiger charge is 2.54. The van der Waals surface area contributed by atoms with E-state index in [0.29, 0.717) is 12.1 Å². The first-order valence-corrected chi connectivity index (χ1v) is 9.89. The van der Waals surface area contributed by atoms with Crippen molar-refractivity contribution in [1.29, 1.82) is 0 Å². The molecular formula is C19H33N3O2. The molecule has 0 aromatic rings. The zero-order valence-corrected chi connectivity index (χ0v) is 15.4. The molecule has 5 nitrogen and oxygen atoms in total. The van der Waals surface area contributed by atoms with Gasteiger partial charge in [0.1, 0.15) is 6.10 Å². The molecule has 5 rings (SSSR count). The predicted molar refractivity (Wildman–Crippen MR) is 95.1 cm³/mol. The van der Waals surface area contributed by atoms with Crippen molar-refractivity contribution in [3.8, 4) is 0 Å². The zero-order chi connectivity index (χ0) is 16.6. The molecule has 3 aliphatic carbocycles. The monoisotopic (exact) mass is 335 g/mol. The minimum atomic E-state index is 0.151. The van der Waals surface area contributed by atoms with Gasteiger partial charge in [0, 0.05) is 17.5 Å². The lowest BCUT2D eigenvalue weighted by Crippen LogP contribution is -2.57. The van der Waals surface area contributed by atoms with Crippen molar-refractivity contribution in [1.82, 2.24) is 9.80 Å². The second-order valence-electron chi connectivity index (χ2n) is 8.69. The molecule has 2 heterocycles. The molecule has 3 saturated carbocycles. The molecule has 1 unspecified atom stereocenters. The Labute approximate surface area is 146 Å². The highest BCUT2D eigenvalue weighted by Crippen LogP contribution is 2.55. The Hall–Kier alpha value is -0.810. The van der Waals surface area contributed by atoms with Gasteiger partial charge in [-0.25, -0.2) is 0 Å². The van der Waals surface area contributed by atoms with E-state index in [0.717, 1.165) is 12.4 Å². The molecular weight excluding hydrogens is 302 g/mol. The third-order valence-corrected chi connectivity index (χ3v) is 7.21. The molecule has 5 aliphatic rings. The van der Waals surface area contributed by atoms with E-state index in [4.69, 9.17) is 9.57 Å². The first kappa shape index (κ1) is 16.6. The second kappa shape index (κ2) is 6.49. The maximum absolute atomic E-state index is 6.41. The summed E-state index contributed by atoms with van der Waals surface area (Å²) in [7, 11) is 4.48. The van der Waals surface area contributed by atoms with Gasteiger partial charge in [0.15, 0.2) is 6.61 Å². The topological polar surface area (TPSA) is 37.3 Å². The molecule has 0 radical (unpaired) electrons.